The molecule has 26 heavy (non-hydrogen) atoms. The second-order valence-electron chi connectivity index (χ2n) is 7.10. The normalized spacial score (nSPS) is 20.2. The van der Waals surface area contributed by atoms with Gasteiger partial charge in [0, 0.05) is 23.5 Å². The van der Waals surface area contributed by atoms with Crippen molar-refractivity contribution in [3.05, 3.63) is 35.5 Å². The van der Waals surface area contributed by atoms with Crippen molar-refractivity contribution in [2.75, 3.05) is 13.7 Å². The Bertz CT molecular complexity index is 875. The maximum absolute atomic E-state index is 13.3. The van der Waals surface area contributed by atoms with E-state index in [-0.39, 0.29) is 5.91 Å². The Morgan fingerprint density at radius 3 is 2.69 bits per heavy atom. The third kappa shape index (κ3) is 3.00. The molecule has 6 nitrogen and oxygen atoms in total. The number of hydrogen-bond donors (Lipinski definition) is 1. The number of carbonyl (C=O) groups is 2. The van der Waals surface area contributed by atoms with Crippen LogP contribution in [-0.4, -0.2) is 46.6 Å². The van der Waals surface area contributed by atoms with Gasteiger partial charge in [-0.1, -0.05) is 0 Å². The van der Waals surface area contributed by atoms with Gasteiger partial charge in [0.05, 0.1) is 18.2 Å². The van der Waals surface area contributed by atoms with Crippen molar-refractivity contribution >= 4 is 22.8 Å². The molecule has 0 spiro atoms. The number of hydrogen-bond acceptors (Lipinski definition) is 4. The Morgan fingerprint density at radius 1 is 1.19 bits per heavy atom. The van der Waals surface area contributed by atoms with Gasteiger partial charge in [0.15, 0.2) is 0 Å². The van der Waals surface area contributed by atoms with E-state index >= 15 is 0 Å². The first-order valence-electron chi connectivity index (χ1n) is 9.11. The highest BCUT2D eigenvalue weighted by molar-refractivity contribution is 6.07. The molecule has 1 saturated heterocycles. The molecule has 2 heterocycles. The first kappa shape index (κ1) is 16.8. The quantitative estimate of drug-likeness (QED) is 0.912. The Kier molecular flexibility index (Phi) is 4.26. The first-order chi connectivity index (χ1) is 12.6. The second-order valence-corrected chi connectivity index (χ2v) is 7.10. The van der Waals surface area contributed by atoms with Gasteiger partial charge in [-0.25, -0.2) is 4.79 Å². The minimum absolute atomic E-state index is 0.223. The van der Waals surface area contributed by atoms with Gasteiger partial charge in [-0.15, -0.1) is 0 Å². The predicted molar refractivity (Wildman–Crippen MR) is 96.6 cm³/mol. The molecule has 1 amide bonds. The fraction of sp³-hybridized carbons (Fsp3) is 0.450. The van der Waals surface area contributed by atoms with E-state index < -0.39 is 12.0 Å². The van der Waals surface area contributed by atoms with Crippen molar-refractivity contribution in [2.24, 2.45) is 0 Å². The number of methoxy groups -OCH3 is 1. The van der Waals surface area contributed by atoms with E-state index in [0.717, 1.165) is 36.9 Å². The third-order valence-electron chi connectivity index (χ3n) is 5.31. The number of carbonyl (C=O) groups excluding carboxylic acids is 1. The third-order valence-corrected chi connectivity index (χ3v) is 5.31. The Labute approximate surface area is 151 Å². The molecular weight excluding hydrogens is 332 g/mol. The highest BCUT2D eigenvalue weighted by atomic mass is 16.5. The van der Waals surface area contributed by atoms with Crippen LogP contribution in [0, 0.1) is 0 Å². The van der Waals surface area contributed by atoms with Crippen LogP contribution < -0.4 is 4.74 Å². The molecule has 2 aliphatic rings. The van der Waals surface area contributed by atoms with Crippen LogP contribution in [-0.2, 0) is 4.79 Å². The van der Waals surface area contributed by atoms with Gasteiger partial charge >= 0.3 is 5.97 Å². The van der Waals surface area contributed by atoms with E-state index in [1.807, 2.05) is 24.3 Å². The Balaban J connectivity index is 1.82. The molecule has 1 aromatic carbocycles. The van der Waals surface area contributed by atoms with E-state index in [4.69, 9.17) is 9.72 Å². The number of amides is 1. The van der Waals surface area contributed by atoms with E-state index in [2.05, 4.69) is 0 Å². The van der Waals surface area contributed by atoms with Crippen molar-refractivity contribution in [1.82, 2.24) is 9.88 Å². The molecule has 0 bridgehead atoms. The topological polar surface area (TPSA) is 79.7 Å². The summed E-state index contributed by atoms with van der Waals surface area (Å²) in [6.07, 6.45) is 4.34. The number of aliphatic carboxylic acids is 1. The highest BCUT2D eigenvalue weighted by Crippen LogP contribution is 2.40. The van der Waals surface area contributed by atoms with Crippen LogP contribution in [0.2, 0.25) is 0 Å². The number of rotatable bonds is 4. The molecule has 1 saturated carbocycles. The molecular formula is C20H22N2O4. The van der Waals surface area contributed by atoms with Crippen LogP contribution >= 0.6 is 0 Å². The summed E-state index contributed by atoms with van der Waals surface area (Å²) in [6, 6.07) is 6.61. The van der Waals surface area contributed by atoms with Crippen LogP contribution in [0.5, 0.6) is 5.75 Å². The summed E-state index contributed by atoms with van der Waals surface area (Å²) in [5, 5.41) is 10.2. The lowest BCUT2D eigenvalue weighted by atomic mass is 9.99. The van der Waals surface area contributed by atoms with Crippen LogP contribution in [0.25, 0.3) is 10.9 Å². The lowest BCUT2D eigenvalue weighted by Crippen LogP contribution is -2.48. The molecule has 2 fully saturated rings. The van der Waals surface area contributed by atoms with Crippen LogP contribution in [0.15, 0.2) is 24.3 Å². The zero-order valence-corrected chi connectivity index (χ0v) is 14.8. The van der Waals surface area contributed by atoms with E-state index in [1.54, 1.807) is 7.11 Å². The van der Waals surface area contributed by atoms with Gasteiger partial charge in [0.2, 0.25) is 0 Å². The number of benzene rings is 1. The smallest absolute Gasteiger partial charge is 0.326 e. The number of nitrogens with zero attached hydrogens (tertiary/aromatic N) is 2. The number of pyridine rings is 1. The largest absolute Gasteiger partial charge is 0.497 e. The van der Waals surface area contributed by atoms with Gasteiger partial charge in [-0.3, -0.25) is 9.78 Å². The zero-order chi connectivity index (χ0) is 18.3. The number of fused-ring (bicyclic) bond motifs is 1. The molecule has 0 unspecified atom stereocenters. The van der Waals surface area contributed by atoms with Crippen molar-refractivity contribution in [3.8, 4) is 5.75 Å². The molecule has 1 aliphatic heterocycles. The molecule has 136 valence electrons. The minimum Gasteiger partial charge on any atom is -0.497 e. The summed E-state index contributed by atoms with van der Waals surface area (Å²) < 4.78 is 5.31. The van der Waals surface area contributed by atoms with Gasteiger partial charge in [0.1, 0.15) is 11.8 Å². The standard InChI is InChI=1S/C20H22N2O4/c1-26-13-7-8-16-14(10-13)15(11-17(21-16)12-5-6-12)19(23)22-9-3-2-4-18(22)20(24)25/h7-8,10-12,18H,2-6,9H2,1H3,(H,24,25)/t18-/m1/s1. The monoisotopic (exact) mass is 354 g/mol. The average Bonchev–Trinajstić information content (AvgIpc) is 3.51. The molecule has 6 heteroatoms. The molecule has 1 aliphatic carbocycles. The lowest BCUT2D eigenvalue weighted by Gasteiger charge is -2.33. The minimum atomic E-state index is -0.934. The summed E-state index contributed by atoms with van der Waals surface area (Å²) in [5.41, 5.74) is 2.21. The number of ether oxygens (including phenoxy) is 1. The SMILES string of the molecule is COc1ccc2nc(C3CC3)cc(C(=O)N3CCCC[C@@H]3C(=O)O)c2c1. The number of likely N-dealkylation sites (tertiary alicyclic amines) is 1. The molecule has 2 aromatic rings. The van der Waals surface area contributed by atoms with Crippen LogP contribution in [0.3, 0.4) is 0 Å². The fourth-order valence-corrected chi connectivity index (χ4v) is 3.70. The summed E-state index contributed by atoms with van der Waals surface area (Å²) in [6.45, 7) is 0.475. The van der Waals surface area contributed by atoms with Gasteiger partial charge in [-0.05, 0) is 56.4 Å². The number of carboxylic acid groups (broad SMARTS) is 1. The molecule has 1 N–H and O–H groups in total. The number of aromatic nitrogens is 1. The predicted octanol–water partition coefficient (Wildman–Crippen LogP) is 3.20. The van der Waals surface area contributed by atoms with Gasteiger partial charge < -0.3 is 14.7 Å². The number of carboxylic acids is 1. The Morgan fingerprint density at radius 2 is 2.00 bits per heavy atom. The average molecular weight is 354 g/mol. The second kappa shape index (κ2) is 6.59. The fourth-order valence-electron chi connectivity index (χ4n) is 3.70. The summed E-state index contributed by atoms with van der Waals surface area (Å²) in [7, 11) is 1.58. The van der Waals surface area contributed by atoms with E-state index in [1.165, 1.54) is 4.90 Å². The highest BCUT2D eigenvalue weighted by Gasteiger charge is 2.34. The van der Waals surface area contributed by atoms with Crippen molar-refractivity contribution in [3.63, 3.8) is 0 Å². The molecule has 1 atom stereocenters. The number of piperidine rings is 1. The van der Waals surface area contributed by atoms with Crippen LogP contribution in [0.4, 0.5) is 0 Å². The first-order valence-corrected chi connectivity index (χ1v) is 9.11. The van der Waals surface area contributed by atoms with E-state index in [9.17, 15) is 14.7 Å². The molecule has 4 rings (SSSR count). The van der Waals surface area contributed by atoms with Crippen LogP contribution in [0.1, 0.15) is 54.1 Å². The van der Waals surface area contributed by atoms with E-state index in [0.29, 0.717) is 35.6 Å². The van der Waals surface area contributed by atoms with Crippen molar-refractivity contribution in [2.45, 2.75) is 44.1 Å². The molecule has 1 aromatic heterocycles. The van der Waals surface area contributed by atoms with Crippen molar-refractivity contribution in [1.29, 1.82) is 0 Å². The maximum Gasteiger partial charge on any atom is 0.326 e. The molecule has 0 radical (unpaired) electrons. The lowest BCUT2D eigenvalue weighted by molar-refractivity contribution is -0.143. The van der Waals surface area contributed by atoms with Gasteiger partial charge in [0.25, 0.3) is 5.91 Å². The van der Waals surface area contributed by atoms with Crippen molar-refractivity contribution < 1.29 is 19.4 Å². The summed E-state index contributed by atoms with van der Waals surface area (Å²) in [4.78, 5) is 31.2. The maximum atomic E-state index is 13.3. The summed E-state index contributed by atoms with van der Waals surface area (Å²) >= 11 is 0. The Hall–Kier alpha value is -2.63. The summed E-state index contributed by atoms with van der Waals surface area (Å²) in [5.74, 6) is -0.0957. The van der Waals surface area contributed by atoms with Gasteiger partial charge in [-0.2, -0.15) is 0 Å². The zero-order valence-electron chi connectivity index (χ0n) is 14.8.